The summed E-state index contributed by atoms with van der Waals surface area (Å²) in [6, 6.07) is 2.20. The Labute approximate surface area is 128 Å². The number of hydrogen-bond acceptors (Lipinski definition) is 2. The molecule has 0 bridgehead atoms. The van der Waals surface area contributed by atoms with Gasteiger partial charge in [-0.15, -0.1) is 0 Å². The Balaban J connectivity index is 1.98. The number of nitrogens with one attached hydrogen (secondary N) is 1. The summed E-state index contributed by atoms with van der Waals surface area (Å²) in [5, 5.41) is 2.45. The summed E-state index contributed by atoms with van der Waals surface area (Å²) in [5.74, 6) is -2.18. The normalized spacial score (nSPS) is 22.4. The molecule has 1 aliphatic rings. The minimum absolute atomic E-state index is 0.00633. The Hall–Kier alpha value is -1.20. The van der Waals surface area contributed by atoms with Gasteiger partial charge in [-0.3, -0.25) is 4.79 Å². The van der Waals surface area contributed by atoms with Gasteiger partial charge in [-0.25, -0.2) is 8.78 Å². The fraction of sp³-hybridized carbons (Fsp3) is 0.533. The third-order valence-corrected chi connectivity index (χ3v) is 4.31. The van der Waals surface area contributed by atoms with Crippen molar-refractivity contribution in [3.05, 3.63) is 34.4 Å². The van der Waals surface area contributed by atoms with Gasteiger partial charge in [0.2, 0.25) is 0 Å². The van der Waals surface area contributed by atoms with Crippen LogP contribution in [0.5, 0.6) is 0 Å². The second-order valence-electron chi connectivity index (χ2n) is 5.69. The molecule has 3 nitrogen and oxygen atoms in total. The molecular formula is C15H19ClF2N2O. The third-order valence-electron chi connectivity index (χ3n) is 4.02. The molecule has 1 aliphatic carbocycles. The summed E-state index contributed by atoms with van der Waals surface area (Å²) >= 11 is 5.48. The molecule has 1 saturated carbocycles. The summed E-state index contributed by atoms with van der Waals surface area (Å²) in [6.07, 6.45) is 3.64. The summed E-state index contributed by atoms with van der Waals surface area (Å²) in [5.41, 5.74) is -0.299. The first-order chi connectivity index (χ1) is 9.88. The van der Waals surface area contributed by atoms with Crippen molar-refractivity contribution in [2.45, 2.75) is 37.8 Å². The van der Waals surface area contributed by atoms with E-state index < -0.39 is 17.5 Å². The van der Waals surface area contributed by atoms with E-state index >= 15 is 0 Å². The van der Waals surface area contributed by atoms with Crippen LogP contribution >= 0.6 is 11.6 Å². The van der Waals surface area contributed by atoms with Gasteiger partial charge in [0.15, 0.2) is 0 Å². The fourth-order valence-corrected chi connectivity index (χ4v) is 2.85. The third kappa shape index (κ3) is 3.92. The zero-order chi connectivity index (χ0) is 15.6. The Morgan fingerprint density at radius 2 is 1.81 bits per heavy atom. The Morgan fingerprint density at radius 1 is 1.19 bits per heavy atom. The lowest BCUT2D eigenvalue weighted by atomic mass is 9.90. The molecule has 0 heterocycles. The Bertz CT molecular complexity index is 529. The second kappa shape index (κ2) is 6.71. The second-order valence-corrected chi connectivity index (χ2v) is 6.10. The molecule has 0 unspecified atom stereocenters. The van der Waals surface area contributed by atoms with E-state index in [1.807, 2.05) is 14.1 Å². The van der Waals surface area contributed by atoms with Crippen LogP contribution in [-0.2, 0) is 0 Å². The molecule has 1 aromatic carbocycles. The molecule has 1 amide bonds. The van der Waals surface area contributed by atoms with E-state index in [1.165, 1.54) is 0 Å². The highest BCUT2D eigenvalue weighted by Gasteiger charge is 2.25. The highest BCUT2D eigenvalue weighted by atomic mass is 35.5. The van der Waals surface area contributed by atoms with Crippen molar-refractivity contribution in [3.63, 3.8) is 0 Å². The quantitative estimate of drug-likeness (QED) is 0.868. The topological polar surface area (TPSA) is 32.3 Å². The van der Waals surface area contributed by atoms with E-state index in [-0.39, 0.29) is 16.6 Å². The molecule has 1 aromatic rings. The first kappa shape index (κ1) is 16.2. The van der Waals surface area contributed by atoms with Crippen molar-refractivity contribution in [2.75, 3.05) is 14.1 Å². The standard InChI is InChI=1S/C15H19ClF2N2O/c1-20(2)10-5-3-9(4-6-10)19-15(21)11-7-14(18)12(16)8-13(11)17/h7-10H,3-6H2,1-2H3,(H,19,21). The van der Waals surface area contributed by atoms with Crippen molar-refractivity contribution in [1.82, 2.24) is 10.2 Å². The number of nitrogens with zero attached hydrogens (tertiary/aromatic N) is 1. The van der Waals surface area contributed by atoms with Crippen LogP contribution in [0.2, 0.25) is 5.02 Å². The maximum absolute atomic E-state index is 13.7. The van der Waals surface area contributed by atoms with Gasteiger partial charge in [0.1, 0.15) is 11.6 Å². The van der Waals surface area contributed by atoms with Crippen LogP contribution < -0.4 is 5.32 Å². The molecule has 1 fully saturated rings. The predicted octanol–water partition coefficient (Wildman–Crippen LogP) is 3.22. The van der Waals surface area contributed by atoms with E-state index in [9.17, 15) is 13.6 Å². The summed E-state index contributed by atoms with van der Waals surface area (Å²) < 4.78 is 27.0. The lowest BCUT2D eigenvalue weighted by Gasteiger charge is -2.33. The molecule has 0 saturated heterocycles. The Kier molecular flexibility index (Phi) is 5.17. The van der Waals surface area contributed by atoms with Gasteiger partial charge in [0.05, 0.1) is 10.6 Å². The molecule has 0 atom stereocenters. The molecule has 6 heteroatoms. The highest BCUT2D eigenvalue weighted by Crippen LogP contribution is 2.23. The molecule has 0 aliphatic heterocycles. The molecule has 0 radical (unpaired) electrons. The first-order valence-electron chi connectivity index (χ1n) is 7.00. The van der Waals surface area contributed by atoms with Crippen molar-refractivity contribution in [2.24, 2.45) is 0 Å². The van der Waals surface area contributed by atoms with Crippen molar-refractivity contribution < 1.29 is 13.6 Å². The molecule has 1 N–H and O–H groups in total. The largest absolute Gasteiger partial charge is 0.349 e. The SMILES string of the molecule is CN(C)C1CCC(NC(=O)c2cc(F)c(Cl)cc2F)CC1. The minimum atomic E-state index is -0.805. The number of carbonyl (C=O) groups excluding carboxylic acids is 1. The smallest absolute Gasteiger partial charge is 0.254 e. The van der Waals surface area contributed by atoms with E-state index in [4.69, 9.17) is 11.6 Å². The fourth-order valence-electron chi connectivity index (χ4n) is 2.70. The average molecular weight is 317 g/mol. The van der Waals surface area contributed by atoms with Gasteiger partial charge in [-0.2, -0.15) is 0 Å². The summed E-state index contributed by atoms with van der Waals surface area (Å²) in [4.78, 5) is 14.2. The molecule has 0 aromatic heterocycles. The number of benzene rings is 1. The monoisotopic (exact) mass is 316 g/mol. The van der Waals surface area contributed by atoms with Gasteiger partial charge >= 0.3 is 0 Å². The van der Waals surface area contributed by atoms with E-state index in [2.05, 4.69) is 10.2 Å². The number of amides is 1. The van der Waals surface area contributed by atoms with E-state index in [1.54, 1.807) is 0 Å². The average Bonchev–Trinajstić information content (AvgIpc) is 2.43. The van der Waals surface area contributed by atoms with Gasteiger partial charge < -0.3 is 10.2 Å². The lowest BCUT2D eigenvalue weighted by molar-refractivity contribution is 0.0911. The van der Waals surface area contributed by atoms with Crippen LogP contribution in [0, 0.1) is 11.6 Å². The van der Waals surface area contributed by atoms with Gasteiger partial charge in [0.25, 0.3) is 5.91 Å². The first-order valence-corrected chi connectivity index (χ1v) is 7.38. The van der Waals surface area contributed by atoms with Crippen LogP contribution in [0.1, 0.15) is 36.0 Å². The van der Waals surface area contributed by atoms with Gasteiger partial charge in [0, 0.05) is 12.1 Å². The Morgan fingerprint density at radius 3 is 2.38 bits per heavy atom. The predicted molar refractivity (Wildman–Crippen MR) is 78.6 cm³/mol. The van der Waals surface area contributed by atoms with E-state index in [0.717, 1.165) is 37.8 Å². The van der Waals surface area contributed by atoms with Crippen LogP contribution in [0.25, 0.3) is 0 Å². The van der Waals surface area contributed by atoms with Crippen LogP contribution in [0.15, 0.2) is 12.1 Å². The van der Waals surface area contributed by atoms with Gasteiger partial charge in [-0.1, -0.05) is 11.6 Å². The molecule has 116 valence electrons. The molecule has 0 spiro atoms. The number of rotatable bonds is 3. The maximum atomic E-state index is 13.7. The van der Waals surface area contributed by atoms with Crippen LogP contribution in [0.4, 0.5) is 8.78 Å². The van der Waals surface area contributed by atoms with E-state index in [0.29, 0.717) is 6.04 Å². The lowest BCUT2D eigenvalue weighted by Crippen LogP contribution is -2.42. The van der Waals surface area contributed by atoms with Crippen LogP contribution in [-0.4, -0.2) is 37.0 Å². The highest BCUT2D eigenvalue weighted by molar-refractivity contribution is 6.30. The molecular weight excluding hydrogens is 298 g/mol. The van der Waals surface area contributed by atoms with Gasteiger partial charge in [-0.05, 0) is 51.9 Å². The zero-order valence-corrected chi connectivity index (χ0v) is 12.9. The summed E-state index contributed by atoms with van der Waals surface area (Å²) in [7, 11) is 4.07. The maximum Gasteiger partial charge on any atom is 0.254 e. The van der Waals surface area contributed by atoms with Crippen molar-refractivity contribution in [3.8, 4) is 0 Å². The molecule has 2 rings (SSSR count). The van der Waals surface area contributed by atoms with Crippen molar-refractivity contribution in [1.29, 1.82) is 0 Å². The summed E-state index contributed by atoms with van der Waals surface area (Å²) in [6.45, 7) is 0. The number of hydrogen-bond donors (Lipinski definition) is 1. The van der Waals surface area contributed by atoms with Crippen LogP contribution in [0.3, 0.4) is 0 Å². The molecule has 21 heavy (non-hydrogen) atoms. The zero-order valence-electron chi connectivity index (χ0n) is 12.1. The minimum Gasteiger partial charge on any atom is -0.349 e. The number of carbonyl (C=O) groups is 1. The van der Waals surface area contributed by atoms with Crippen molar-refractivity contribution >= 4 is 17.5 Å². The number of halogens is 3.